The fraction of sp³-hybridized carbons (Fsp3) is 0.0476. The van der Waals surface area contributed by atoms with Gasteiger partial charge in [0.25, 0.3) is 16.8 Å². The first-order valence-electron chi connectivity index (χ1n) is 8.85. The number of hydrogen-bond acceptors (Lipinski definition) is 5. The predicted molar refractivity (Wildman–Crippen MR) is 115 cm³/mol. The Morgan fingerprint density at radius 2 is 1.87 bits per heavy atom. The molecule has 0 aliphatic carbocycles. The lowest BCUT2D eigenvalue weighted by Crippen LogP contribution is -2.27. The Morgan fingerprint density at radius 1 is 1.07 bits per heavy atom. The van der Waals surface area contributed by atoms with E-state index in [0.29, 0.717) is 22.0 Å². The summed E-state index contributed by atoms with van der Waals surface area (Å²) in [6, 6.07) is 16.7. The van der Waals surface area contributed by atoms with Crippen LogP contribution in [0.4, 0.5) is 10.5 Å². The summed E-state index contributed by atoms with van der Waals surface area (Å²) in [7, 11) is 0. The van der Waals surface area contributed by atoms with Crippen molar-refractivity contribution in [2.24, 2.45) is 0 Å². The molecule has 0 saturated carbocycles. The smallest absolute Gasteiger partial charge is 0.293 e. The molecule has 1 aliphatic rings. The third-order valence-corrected chi connectivity index (χ3v) is 5.81. The van der Waals surface area contributed by atoms with E-state index in [-0.39, 0.29) is 22.4 Å². The molecule has 3 aromatic rings. The molecule has 0 atom stereocenters. The van der Waals surface area contributed by atoms with Gasteiger partial charge in [-0.15, -0.1) is 0 Å². The number of nitro benzene ring substituents is 1. The summed E-state index contributed by atoms with van der Waals surface area (Å²) < 4.78 is 1.72. The highest BCUT2D eigenvalue weighted by molar-refractivity contribution is 8.18. The maximum Gasteiger partial charge on any atom is 0.293 e. The molecule has 1 fully saturated rings. The van der Waals surface area contributed by atoms with Crippen molar-refractivity contribution in [3.05, 3.63) is 98.2 Å². The van der Waals surface area contributed by atoms with Gasteiger partial charge < -0.3 is 4.57 Å². The minimum Gasteiger partial charge on any atom is -0.317 e. The Labute approximate surface area is 180 Å². The number of carbonyl (C=O) groups is 2. The topological polar surface area (TPSA) is 85.5 Å². The molecule has 0 unspecified atom stereocenters. The van der Waals surface area contributed by atoms with E-state index in [1.165, 1.54) is 12.1 Å². The molecular weight excluding hydrogens is 426 g/mol. The number of non-ortho nitro benzene ring substituents is 1. The summed E-state index contributed by atoms with van der Waals surface area (Å²) in [6.45, 7) is 0.0908. The van der Waals surface area contributed by atoms with Crippen LogP contribution in [-0.2, 0) is 11.3 Å². The second kappa shape index (κ2) is 8.17. The summed E-state index contributed by atoms with van der Waals surface area (Å²) in [5.74, 6) is -0.406. The Morgan fingerprint density at radius 3 is 2.63 bits per heavy atom. The number of amides is 2. The molecule has 150 valence electrons. The molecule has 0 spiro atoms. The Kier molecular flexibility index (Phi) is 5.43. The van der Waals surface area contributed by atoms with Crippen LogP contribution in [0.1, 0.15) is 11.3 Å². The third-order valence-electron chi connectivity index (χ3n) is 4.54. The van der Waals surface area contributed by atoms with E-state index in [1.807, 2.05) is 0 Å². The zero-order valence-electron chi connectivity index (χ0n) is 15.4. The van der Waals surface area contributed by atoms with E-state index < -0.39 is 10.8 Å². The number of hydrogen-bond donors (Lipinski definition) is 0. The van der Waals surface area contributed by atoms with Gasteiger partial charge in [0.1, 0.15) is 0 Å². The first kappa shape index (κ1) is 19.9. The van der Waals surface area contributed by atoms with Gasteiger partial charge in [0, 0.05) is 29.0 Å². The van der Waals surface area contributed by atoms with Crippen LogP contribution < -0.4 is 0 Å². The summed E-state index contributed by atoms with van der Waals surface area (Å²) in [5, 5.41) is 11.2. The lowest BCUT2D eigenvalue weighted by atomic mass is 10.2. The van der Waals surface area contributed by atoms with Gasteiger partial charge in [0.2, 0.25) is 0 Å². The fourth-order valence-corrected chi connectivity index (χ4v) is 4.09. The molecule has 4 rings (SSSR count). The molecule has 2 aromatic carbocycles. The van der Waals surface area contributed by atoms with Gasteiger partial charge in [-0.2, -0.15) is 0 Å². The standard InChI is InChI=1S/C21H14ClN3O4S/c22-18-9-2-1-5-14(18)13-24-20(26)19(30-21(24)27)12-16-8-4-10-23(16)15-6-3-7-17(11-15)25(28)29/h1-12H,13H2/b19-12+. The number of imide groups is 1. The zero-order valence-corrected chi connectivity index (χ0v) is 17.0. The third kappa shape index (κ3) is 3.87. The number of aromatic nitrogens is 1. The molecule has 0 N–H and O–H groups in total. The number of benzene rings is 2. The lowest BCUT2D eigenvalue weighted by molar-refractivity contribution is -0.384. The zero-order chi connectivity index (χ0) is 21.3. The van der Waals surface area contributed by atoms with Gasteiger partial charge in [-0.3, -0.25) is 24.6 Å². The molecule has 0 radical (unpaired) electrons. The number of halogens is 1. The van der Waals surface area contributed by atoms with Crippen LogP contribution in [0.2, 0.25) is 5.02 Å². The fourth-order valence-electron chi connectivity index (χ4n) is 3.07. The number of nitro groups is 1. The highest BCUT2D eigenvalue weighted by Gasteiger charge is 2.35. The van der Waals surface area contributed by atoms with Gasteiger partial charge in [-0.1, -0.05) is 35.9 Å². The summed E-state index contributed by atoms with van der Waals surface area (Å²) in [5.41, 5.74) is 1.85. The predicted octanol–water partition coefficient (Wildman–Crippen LogP) is 5.28. The molecular formula is C21H14ClN3O4S. The largest absolute Gasteiger partial charge is 0.317 e. The number of thioether (sulfide) groups is 1. The SMILES string of the molecule is O=C1S/C(=C/c2cccn2-c2cccc([N+](=O)[O-])c2)C(=O)N1Cc1ccccc1Cl. The van der Waals surface area contributed by atoms with Crippen molar-refractivity contribution < 1.29 is 14.5 Å². The summed E-state index contributed by atoms with van der Waals surface area (Å²) in [6.07, 6.45) is 3.34. The quantitative estimate of drug-likeness (QED) is 0.307. The van der Waals surface area contributed by atoms with Gasteiger partial charge in [-0.25, -0.2) is 0 Å². The Balaban J connectivity index is 1.63. The second-order valence-electron chi connectivity index (χ2n) is 6.44. The van der Waals surface area contributed by atoms with Crippen molar-refractivity contribution in [2.45, 2.75) is 6.54 Å². The average Bonchev–Trinajstić information content (AvgIpc) is 3.30. The lowest BCUT2D eigenvalue weighted by Gasteiger charge is -2.13. The van der Waals surface area contributed by atoms with Crippen molar-refractivity contribution in [3.8, 4) is 5.69 Å². The summed E-state index contributed by atoms with van der Waals surface area (Å²) in [4.78, 5) is 37.3. The average molecular weight is 440 g/mol. The van der Waals surface area contributed by atoms with E-state index in [9.17, 15) is 19.7 Å². The van der Waals surface area contributed by atoms with E-state index >= 15 is 0 Å². The van der Waals surface area contributed by atoms with Crippen LogP contribution in [0.5, 0.6) is 0 Å². The van der Waals surface area contributed by atoms with E-state index in [2.05, 4.69) is 0 Å². The molecule has 1 saturated heterocycles. The van der Waals surface area contributed by atoms with Crippen LogP contribution in [0.3, 0.4) is 0 Å². The van der Waals surface area contributed by atoms with Crippen molar-refractivity contribution in [1.82, 2.24) is 9.47 Å². The second-order valence-corrected chi connectivity index (χ2v) is 7.84. The van der Waals surface area contributed by atoms with E-state index in [0.717, 1.165) is 16.7 Å². The minimum atomic E-state index is -0.466. The van der Waals surface area contributed by atoms with Crippen LogP contribution in [0, 0.1) is 10.1 Å². The molecule has 9 heteroatoms. The Bertz CT molecular complexity index is 1200. The van der Waals surface area contributed by atoms with Crippen molar-refractivity contribution in [3.63, 3.8) is 0 Å². The van der Waals surface area contributed by atoms with E-state index in [4.69, 9.17) is 11.6 Å². The molecule has 0 bridgehead atoms. The number of nitrogens with zero attached hydrogens (tertiary/aromatic N) is 3. The Hall–Kier alpha value is -3.36. The molecule has 30 heavy (non-hydrogen) atoms. The highest BCUT2D eigenvalue weighted by Crippen LogP contribution is 2.34. The van der Waals surface area contributed by atoms with Gasteiger partial charge >= 0.3 is 0 Å². The van der Waals surface area contributed by atoms with Gasteiger partial charge in [0.05, 0.1) is 22.1 Å². The molecule has 2 heterocycles. The number of rotatable bonds is 5. The first-order valence-corrected chi connectivity index (χ1v) is 10.0. The van der Waals surface area contributed by atoms with Crippen LogP contribution >= 0.6 is 23.4 Å². The normalized spacial score (nSPS) is 15.2. The summed E-state index contributed by atoms with van der Waals surface area (Å²) >= 11 is 7.00. The van der Waals surface area contributed by atoms with Crippen molar-refractivity contribution in [2.75, 3.05) is 0 Å². The monoisotopic (exact) mass is 439 g/mol. The molecule has 1 aromatic heterocycles. The molecule has 1 aliphatic heterocycles. The van der Waals surface area contributed by atoms with Crippen LogP contribution in [-0.4, -0.2) is 25.5 Å². The van der Waals surface area contributed by atoms with Crippen molar-refractivity contribution >= 4 is 46.3 Å². The van der Waals surface area contributed by atoms with Crippen molar-refractivity contribution in [1.29, 1.82) is 0 Å². The van der Waals surface area contributed by atoms with Crippen LogP contribution in [0.25, 0.3) is 11.8 Å². The van der Waals surface area contributed by atoms with Gasteiger partial charge in [-0.05, 0) is 47.7 Å². The highest BCUT2D eigenvalue weighted by atomic mass is 35.5. The maximum absolute atomic E-state index is 12.8. The van der Waals surface area contributed by atoms with Gasteiger partial charge in [0.15, 0.2) is 0 Å². The maximum atomic E-state index is 12.8. The minimum absolute atomic E-state index is 0.0350. The first-order chi connectivity index (χ1) is 14.4. The number of carbonyl (C=O) groups excluding carboxylic acids is 2. The molecule has 2 amide bonds. The molecule has 7 nitrogen and oxygen atoms in total. The van der Waals surface area contributed by atoms with Crippen LogP contribution in [0.15, 0.2) is 71.8 Å². The van der Waals surface area contributed by atoms with E-state index in [1.54, 1.807) is 65.4 Å².